The number of aliphatic hydroxyl groups excluding tert-OH is 4. The molecule has 9 heteroatoms. The van der Waals surface area contributed by atoms with E-state index in [2.05, 4.69) is 74.6 Å². The Morgan fingerprint density at radius 1 is 0.600 bits per heavy atom. The van der Waals surface area contributed by atoms with Gasteiger partial charge in [0, 0.05) is 13.0 Å². The van der Waals surface area contributed by atoms with Gasteiger partial charge in [0.25, 0.3) is 0 Å². The van der Waals surface area contributed by atoms with Gasteiger partial charge in [0.15, 0.2) is 6.29 Å². The first-order chi connectivity index (χ1) is 26.9. The first kappa shape index (κ1) is 50.6. The zero-order valence-electron chi connectivity index (χ0n) is 34.4. The fourth-order valence-electron chi connectivity index (χ4n) is 6.05. The number of esters is 1. The monoisotopic (exact) mass is 775 g/mol. The molecule has 4 N–H and O–H groups in total. The molecule has 0 aromatic rings. The molecule has 316 valence electrons. The molecule has 0 spiro atoms. The molecule has 0 radical (unpaired) electrons. The molecule has 6 atom stereocenters. The molecule has 0 aromatic carbocycles. The molecule has 1 fully saturated rings. The molecule has 0 saturated carbocycles. The van der Waals surface area contributed by atoms with E-state index in [9.17, 15) is 25.2 Å². The van der Waals surface area contributed by atoms with Crippen molar-refractivity contribution in [1.29, 1.82) is 0 Å². The van der Waals surface area contributed by atoms with Crippen LogP contribution in [0.1, 0.15) is 149 Å². The van der Waals surface area contributed by atoms with Gasteiger partial charge in [-0.15, -0.1) is 0 Å². The highest BCUT2D eigenvalue weighted by molar-refractivity contribution is 5.69. The SMILES string of the molecule is CC/C=C\C/C=C\C/C=C\C/C=C\C/C=C\C/C=C\CCC(=O)OC(COCCCCCCCCCCCCCCC)COC1OC(CO)C(O)C(O)C1O. The molecule has 0 bridgehead atoms. The minimum absolute atomic E-state index is 0.112. The number of allylic oxidation sites excluding steroid dienone is 12. The summed E-state index contributed by atoms with van der Waals surface area (Å²) in [5, 5.41) is 40.0. The Labute approximate surface area is 334 Å². The predicted molar refractivity (Wildman–Crippen MR) is 224 cm³/mol. The molecule has 1 aliphatic rings. The number of hydrogen-bond acceptors (Lipinski definition) is 9. The molecule has 9 nitrogen and oxygen atoms in total. The van der Waals surface area contributed by atoms with Gasteiger partial charge < -0.3 is 39.4 Å². The number of ether oxygens (including phenoxy) is 4. The fraction of sp³-hybridized carbons (Fsp3) is 0.717. The lowest BCUT2D eigenvalue weighted by atomic mass is 9.99. The first-order valence-corrected chi connectivity index (χ1v) is 21.5. The summed E-state index contributed by atoms with van der Waals surface area (Å²) < 4.78 is 22.7. The van der Waals surface area contributed by atoms with Crippen LogP contribution in [0.4, 0.5) is 0 Å². The second-order valence-electron chi connectivity index (χ2n) is 14.4. The van der Waals surface area contributed by atoms with Crippen molar-refractivity contribution < 1.29 is 44.2 Å². The maximum Gasteiger partial charge on any atom is 0.306 e. The standard InChI is InChI=1S/C46H78O9/c1-3-5-7-9-11-13-15-17-18-19-20-21-22-23-25-27-29-31-33-35-42(48)54-40(39-53-46-45(51)44(50)43(49)41(37-47)55-46)38-52-36-34-32-30-28-26-24-16-14-12-10-8-6-4-2/h5,7,11,13,17-18,20-21,23,25,29,31,40-41,43-47,49-51H,3-4,6,8-10,12,14-16,19,22,24,26-28,30,32-39H2,1-2H3/b7-5-,13-11-,18-17-,21-20-,25-23-,31-29-. The van der Waals surface area contributed by atoms with Crippen molar-refractivity contribution in [3.8, 4) is 0 Å². The van der Waals surface area contributed by atoms with E-state index in [4.69, 9.17) is 18.9 Å². The van der Waals surface area contributed by atoms with Gasteiger partial charge in [-0.2, -0.15) is 0 Å². The Bertz CT molecular complexity index is 1060. The van der Waals surface area contributed by atoms with E-state index < -0.39 is 49.4 Å². The number of carbonyl (C=O) groups excluding carboxylic acids is 1. The number of hydrogen-bond donors (Lipinski definition) is 4. The van der Waals surface area contributed by atoms with E-state index in [0.29, 0.717) is 13.0 Å². The van der Waals surface area contributed by atoms with Crippen LogP contribution < -0.4 is 0 Å². The van der Waals surface area contributed by atoms with Crippen LogP contribution in [0, 0.1) is 0 Å². The van der Waals surface area contributed by atoms with Gasteiger partial charge in [-0.05, 0) is 51.4 Å². The van der Waals surface area contributed by atoms with Crippen LogP contribution in [0.15, 0.2) is 72.9 Å². The Morgan fingerprint density at radius 3 is 1.56 bits per heavy atom. The van der Waals surface area contributed by atoms with E-state index in [1.165, 1.54) is 70.6 Å². The third-order valence-corrected chi connectivity index (χ3v) is 9.40. The summed E-state index contributed by atoms with van der Waals surface area (Å²) in [6, 6.07) is 0. The Kier molecular flexibility index (Phi) is 34.3. The number of rotatable bonds is 35. The van der Waals surface area contributed by atoms with E-state index in [1.54, 1.807) is 0 Å². The van der Waals surface area contributed by atoms with Gasteiger partial charge in [-0.1, -0.05) is 164 Å². The minimum Gasteiger partial charge on any atom is -0.457 e. The van der Waals surface area contributed by atoms with Gasteiger partial charge >= 0.3 is 5.97 Å². The largest absolute Gasteiger partial charge is 0.457 e. The van der Waals surface area contributed by atoms with Crippen molar-refractivity contribution in [3.05, 3.63) is 72.9 Å². The summed E-state index contributed by atoms with van der Waals surface area (Å²) in [4.78, 5) is 12.7. The van der Waals surface area contributed by atoms with Gasteiger partial charge in [-0.3, -0.25) is 4.79 Å². The summed E-state index contributed by atoms with van der Waals surface area (Å²) in [5.41, 5.74) is 0. The summed E-state index contributed by atoms with van der Waals surface area (Å²) in [7, 11) is 0. The normalized spacial score (nSPS) is 21.5. The van der Waals surface area contributed by atoms with Crippen molar-refractivity contribution in [2.75, 3.05) is 26.4 Å². The molecule has 0 amide bonds. The van der Waals surface area contributed by atoms with Crippen LogP contribution in [0.3, 0.4) is 0 Å². The summed E-state index contributed by atoms with van der Waals surface area (Å²) >= 11 is 0. The van der Waals surface area contributed by atoms with Gasteiger partial charge in [0.05, 0.1) is 19.8 Å². The molecule has 55 heavy (non-hydrogen) atoms. The summed E-state index contributed by atoms with van der Waals surface area (Å²) in [6.45, 7) is 4.34. The molecule has 1 rings (SSSR count). The molecule has 0 aliphatic carbocycles. The maximum atomic E-state index is 12.7. The average molecular weight is 775 g/mol. The lowest BCUT2D eigenvalue weighted by Crippen LogP contribution is -2.59. The Balaban J connectivity index is 2.36. The maximum absolute atomic E-state index is 12.7. The van der Waals surface area contributed by atoms with E-state index >= 15 is 0 Å². The zero-order chi connectivity index (χ0) is 40.0. The lowest BCUT2D eigenvalue weighted by molar-refractivity contribution is -0.305. The third-order valence-electron chi connectivity index (χ3n) is 9.40. The first-order valence-electron chi connectivity index (χ1n) is 21.5. The van der Waals surface area contributed by atoms with Gasteiger partial charge in [-0.25, -0.2) is 0 Å². The smallest absolute Gasteiger partial charge is 0.306 e. The number of unbranched alkanes of at least 4 members (excludes halogenated alkanes) is 12. The molecule has 6 unspecified atom stereocenters. The second kappa shape index (κ2) is 37.2. The molecule has 1 saturated heterocycles. The second-order valence-corrected chi connectivity index (χ2v) is 14.4. The highest BCUT2D eigenvalue weighted by Crippen LogP contribution is 2.22. The third kappa shape index (κ3) is 28.6. The molecule has 0 aromatic heterocycles. The minimum atomic E-state index is -1.55. The highest BCUT2D eigenvalue weighted by Gasteiger charge is 2.44. The zero-order valence-corrected chi connectivity index (χ0v) is 34.4. The molecular formula is C46H78O9. The van der Waals surface area contributed by atoms with Crippen molar-refractivity contribution >= 4 is 5.97 Å². The van der Waals surface area contributed by atoms with Gasteiger partial charge in [0.2, 0.25) is 0 Å². The van der Waals surface area contributed by atoms with Crippen molar-refractivity contribution in [2.24, 2.45) is 0 Å². The van der Waals surface area contributed by atoms with Crippen LogP contribution in [0.5, 0.6) is 0 Å². The molecule has 1 heterocycles. The van der Waals surface area contributed by atoms with Crippen LogP contribution >= 0.6 is 0 Å². The predicted octanol–water partition coefficient (Wildman–Crippen LogP) is 9.30. The Hall–Kier alpha value is -2.37. The topological polar surface area (TPSA) is 135 Å². The highest BCUT2D eigenvalue weighted by atomic mass is 16.7. The van der Waals surface area contributed by atoms with E-state index in [-0.39, 0.29) is 19.6 Å². The lowest BCUT2D eigenvalue weighted by Gasteiger charge is -2.39. The van der Waals surface area contributed by atoms with E-state index in [1.807, 2.05) is 12.2 Å². The summed E-state index contributed by atoms with van der Waals surface area (Å²) in [6.07, 6.45) is 40.8. The van der Waals surface area contributed by atoms with Crippen molar-refractivity contribution in [1.82, 2.24) is 0 Å². The quantitative estimate of drug-likeness (QED) is 0.0282. The molecule has 1 aliphatic heterocycles. The van der Waals surface area contributed by atoms with Crippen LogP contribution in [-0.2, 0) is 23.7 Å². The Morgan fingerprint density at radius 2 is 1.07 bits per heavy atom. The fourth-order valence-corrected chi connectivity index (χ4v) is 6.05. The van der Waals surface area contributed by atoms with Crippen molar-refractivity contribution in [2.45, 2.75) is 185 Å². The van der Waals surface area contributed by atoms with Gasteiger partial charge in [0.1, 0.15) is 30.5 Å². The van der Waals surface area contributed by atoms with Crippen LogP contribution in [0.2, 0.25) is 0 Å². The summed E-state index contributed by atoms with van der Waals surface area (Å²) in [5.74, 6) is -0.397. The number of aliphatic hydroxyl groups is 4. The van der Waals surface area contributed by atoms with Crippen LogP contribution in [-0.4, -0.2) is 89.6 Å². The number of carbonyl (C=O) groups is 1. The van der Waals surface area contributed by atoms with Crippen molar-refractivity contribution in [3.63, 3.8) is 0 Å². The van der Waals surface area contributed by atoms with Crippen LogP contribution in [0.25, 0.3) is 0 Å². The van der Waals surface area contributed by atoms with E-state index in [0.717, 1.165) is 51.4 Å². The molecular weight excluding hydrogens is 696 g/mol. The average Bonchev–Trinajstić information content (AvgIpc) is 3.18.